The lowest BCUT2D eigenvalue weighted by atomic mass is 9.83. The van der Waals surface area contributed by atoms with Gasteiger partial charge in [0.05, 0.1) is 13.7 Å². The summed E-state index contributed by atoms with van der Waals surface area (Å²) < 4.78 is 30.6. The molecule has 0 rings (SSSR count). The zero-order chi connectivity index (χ0) is 34.3. The van der Waals surface area contributed by atoms with Crippen molar-refractivity contribution < 1.29 is 23.4 Å². The van der Waals surface area contributed by atoms with E-state index in [0.717, 1.165) is 24.3 Å². The molecule has 0 aliphatic rings. The van der Waals surface area contributed by atoms with Gasteiger partial charge in [0, 0.05) is 12.7 Å². The minimum absolute atomic E-state index is 0.177. The van der Waals surface area contributed by atoms with Crippen LogP contribution >= 0.6 is 0 Å². The molecule has 0 amide bonds. The van der Waals surface area contributed by atoms with Crippen molar-refractivity contribution in [3.05, 3.63) is 85.2 Å². The summed E-state index contributed by atoms with van der Waals surface area (Å²) in [6.45, 7) is 42.9. The fourth-order valence-electron chi connectivity index (χ4n) is 3.19. The third kappa shape index (κ3) is 27.5. The highest BCUT2D eigenvalue weighted by atomic mass is 19.1. The zero-order valence-corrected chi connectivity index (χ0v) is 29.5. The SMILES string of the molecule is C=C(/C=C(/OCCOC)C(=C)OC)C(=C)/C(F)=C\C(=C)C(C)CCC(C)C(C)CCC(C)C.C=CC.C=O.CC.CC. The Bertz CT molecular complexity index is 777. The Labute approximate surface area is 261 Å². The Hall–Kier alpha value is -2.66. The Kier molecular flexibility index (Phi) is 40.3. The van der Waals surface area contributed by atoms with Gasteiger partial charge in [-0.05, 0) is 66.7 Å². The lowest BCUT2D eigenvalue weighted by molar-refractivity contribution is -0.0980. The molecule has 0 saturated carbocycles. The molecule has 0 aliphatic heterocycles. The number of methoxy groups -OCH3 is 2. The molecule has 0 saturated heterocycles. The van der Waals surface area contributed by atoms with Crippen molar-refractivity contribution in [1.29, 1.82) is 0 Å². The van der Waals surface area contributed by atoms with Crippen molar-refractivity contribution in [3.8, 4) is 0 Å². The highest BCUT2D eigenvalue weighted by molar-refractivity contribution is 5.49. The molecule has 4 nitrogen and oxygen atoms in total. The second-order valence-electron chi connectivity index (χ2n) is 9.86. The minimum atomic E-state index is -0.453. The fourth-order valence-corrected chi connectivity index (χ4v) is 3.19. The average molecular weight is 595 g/mol. The third-order valence-electron chi connectivity index (χ3n) is 6.22. The Morgan fingerprint density at radius 1 is 0.786 bits per heavy atom. The number of allylic oxidation sites excluding steroid dienone is 7. The molecule has 5 heteroatoms. The van der Waals surface area contributed by atoms with Gasteiger partial charge in [0.1, 0.15) is 19.2 Å². The molecule has 0 N–H and O–H groups in total. The molecule has 246 valence electrons. The van der Waals surface area contributed by atoms with Crippen molar-refractivity contribution in [2.45, 2.75) is 94.9 Å². The van der Waals surface area contributed by atoms with E-state index in [9.17, 15) is 4.39 Å². The van der Waals surface area contributed by atoms with Gasteiger partial charge in [-0.1, -0.05) is 108 Å². The summed E-state index contributed by atoms with van der Waals surface area (Å²) >= 11 is 0. The van der Waals surface area contributed by atoms with Crippen LogP contribution in [-0.2, 0) is 19.0 Å². The number of halogens is 1. The first-order valence-corrected chi connectivity index (χ1v) is 15.2. The molecule has 0 fully saturated rings. The number of ether oxygens (including phenoxy) is 3. The van der Waals surface area contributed by atoms with Crippen LogP contribution in [0.15, 0.2) is 85.2 Å². The Morgan fingerprint density at radius 3 is 1.64 bits per heavy atom. The minimum Gasteiger partial charge on any atom is -0.493 e. The van der Waals surface area contributed by atoms with Crippen LogP contribution in [0.2, 0.25) is 0 Å². The van der Waals surface area contributed by atoms with Gasteiger partial charge in [0.25, 0.3) is 0 Å². The standard InChI is InChI=1S/C29H47FO3.C3H6.2C2H6.CH2O/c1-20(2)12-13-21(3)22(4)14-15-23(5)24(6)18-28(30)26(8)25(7)19-29(27(9)32-11)33-17-16-31-10;1-3-2;3*1-2/h18-23H,6-9,12-17H2,1-5,10-11H3;3H,1H2,2H3;2*1-2H3;1H2/b28-18+,29-19+;;;;. The van der Waals surface area contributed by atoms with Crippen LogP contribution in [0.5, 0.6) is 0 Å². The van der Waals surface area contributed by atoms with E-state index in [2.05, 4.69) is 67.5 Å². The summed E-state index contributed by atoms with van der Waals surface area (Å²) in [5.41, 5.74) is 1.31. The normalized spacial score (nSPS) is 12.5. The summed E-state index contributed by atoms with van der Waals surface area (Å²) in [5.74, 6) is 2.49. The van der Waals surface area contributed by atoms with Crippen molar-refractivity contribution in [1.82, 2.24) is 0 Å². The smallest absolute Gasteiger partial charge is 0.161 e. The first-order chi connectivity index (χ1) is 19.9. The van der Waals surface area contributed by atoms with Crippen molar-refractivity contribution >= 4 is 6.79 Å². The lowest BCUT2D eigenvalue weighted by Crippen LogP contribution is -2.11. The van der Waals surface area contributed by atoms with Gasteiger partial charge < -0.3 is 19.0 Å². The number of carbonyl (C=O) groups excluding carboxylic acids is 1. The summed E-state index contributed by atoms with van der Waals surface area (Å²) in [7, 11) is 3.08. The van der Waals surface area contributed by atoms with E-state index in [1.807, 2.05) is 41.4 Å². The molecule has 0 aromatic carbocycles. The maximum atomic E-state index is 14.9. The molecule has 0 aromatic heterocycles. The van der Waals surface area contributed by atoms with Gasteiger partial charge in [-0.25, -0.2) is 4.39 Å². The van der Waals surface area contributed by atoms with Gasteiger partial charge in [0.2, 0.25) is 0 Å². The van der Waals surface area contributed by atoms with E-state index in [1.165, 1.54) is 26.0 Å². The highest BCUT2D eigenvalue weighted by Crippen LogP contribution is 2.29. The molecule has 3 unspecified atom stereocenters. The van der Waals surface area contributed by atoms with E-state index < -0.39 is 5.83 Å². The van der Waals surface area contributed by atoms with Crippen LogP contribution in [-0.4, -0.2) is 34.2 Å². The fraction of sp³-hybridized carbons (Fsp3) is 0.595. The molecular weight excluding hydrogens is 527 g/mol. The van der Waals surface area contributed by atoms with Gasteiger partial charge >= 0.3 is 0 Å². The van der Waals surface area contributed by atoms with Crippen LogP contribution in [0, 0.1) is 23.7 Å². The largest absolute Gasteiger partial charge is 0.493 e. The predicted molar refractivity (Wildman–Crippen MR) is 185 cm³/mol. The maximum absolute atomic E-state index is 14.9. The predicted octanol–water partition coefficient (Wildman–Crippen LogP) is 11.4. The number of rotatable bonds is 18. The zero-order valence-electron chi connectivity index (χ0n) is 29.5. The van der Waals surface area contributed by atoms with E-state index in [4.69, 9.17) is 19.0 Å². The molecule has 0 heterocycles. The van der Waals surface area contributed by atoms with Crippen LogP contribution in [0.25, 0.3) is 0 Å². The first-order valence-electron chi connectivity index (χ1n) is 15.2. The summed E-state index contributed by atoms with van der Waals surface area (Å²) in [4.78, 5) is 8.00. The van der Waals surface area contributed by atoms with Crippen LogP contribution in [0.3, 0.4) is 0 Å². The quantitative estimate of drug-likeness (QED) is 0.0685. The van der Waals surface area contributed by atoms with Gasteiger partial charge in [-0.3, -0.25) is 0 Å². The maximum Gasteiger partial charge on any atom is 0.161 e. The molecular formula is C37H67FO4. The third-order valence-corrected chi connectivity index (χ3v) is 6.22. The van der Waals surface area contributed by atoms with Crippen LogP contribution < -0.4 is 0 Å². The molecule has 0 aromatic rings. The van der Waals surface area contributed by atoms with Crippen LogP contribution in [0.1, 0.15) is 94.9 Å². The van der Waals surface area contributed by atoms with E-state index in [1.54, 1.807) is 19.3 Å². The Morgan fingerprint density at radius 2 is 1.24 bits per heavy atom. The number of hydrogen-bond donors (Lipinski definition) is 0. The van der Waals surface area contributed by atoms with Crippen LogP contribution in [0.4, 0.5) is 4.39 Å². The van der Waals surface area contributed by atoms with E-state index in [0.29, 0.717) is 42.1 Å². The summed E-state index contributed by atoms with van der Waals surface area (Å²) in [5, 5.41) is 0. The highest BCUT2D eigenvalue weighted by Gasteiger charge is 2.16. The summed E-state index contributed by atoms with van der Waals surface area (Å²) in [6.07, 6.45) is 9.39. The van der Waals surface area contributed by atoms with Crippen molar-refractivity contribution in [2.24, 2.45) is 23.7 Å². The van der Waals surface area contributed by atoms with Gasteiger partial charge in [0.15, 0.2) is 11.5 Å². The molecule has 0 radical (unpaired) electrons. The molecule has 0 aliphatic carbocycles. The lowest BCUT2D eigenvalue weighted by Gasteiger charge is -2.22. The average Bonchev–Trinajstić information content (AvgIpc) is 3.00. The molecule has 42 heavy (non-hydrogen) atoms. The van der Waals surface area contributed by atoms with Crippen molar-refractivity contribution in [2.75, 3.05) is 27.4 Å². The molecule has 3 atom stereocenters. The van der Waals surface area contributed by atoms with Gasteiger partial charge in [-0.15, -0.1) is 6.58 Å². The molecule has 0 spiro atoms. The van der Waals surface area contributed by atoms with Gasteiger partial charge in [-0.2, -0.15) is 0 Å². The first kappa shape index (κ1) is 49.0. The second kappa shape index (κ2) is 34.5. The Balaban J connectivity index is -0.000000454. The molecule has 0 bridgehead atoms. The second-order valence-corrected chi connectivity index (χ2v) is 9.86. The van der Waals surface area contributed by atoms with E-state index >= 15 is 0 Å². The topological polar surface area (TPSA) is 44.8 Å². The number of hydrogen-bond acceptors (Lipinski definition) is 4. The van der Waals surface area contributed by atoms with E-state index in [-0.39, 0.29) is 11.5 Å². The summed E-state index contributed by atoms with van der Waals surface area (Å²) in [6, 6.07) is 0. The monoisotopic (exact) mass is 595 g/mol. The number of carbonyl (C=O) groups is 1. The van der Waals surface area contributed by atoms with Crippen molar-refractivity contribution in [3.63, 3.8) is 0 Å².